The number of esters is 1. The van der Waals surface area contributed by atoms with Crippen LogP contribution in [-0.4, -0.2) is 49.2 Å². The summed E-state index contributed by atoms with van der Waals surface area (Å²) < 4.78 is 47.3. The van der Waals surface area contributed by atoms with Gasteiger partial charge in [-0.2, -0.15) is 4.31 Å². The smallest absolute Gasteiger partial charge is 0.338 e. The van der Waals surface area contributed by atoms with Gasteiger partial charge in [0, 0.05) is 6.04 Å². The van der Waals surface area contributed by atoms with E-state index < -0.39 is 45.7 Å². The van der Waals surface area contributed by atoms with Gasteiger partial charge in [-0.1, -0.05) is 25.7 Å². The van der Waals surface area contributed by atoms with Gasteiger partial charge >= 0.3 is 5.97 Å². The van der Waals surface area contributed by atoms with E-state index in [-0.39, 0.29) is 29.2 Å². The number of carbonyl (C=O) groups is 3. The van der Waals surface area contributed by atoms with Gasteiger partial charge in [0.05, 0.1) is 29.2 Å². The van der Waals surface area contributed by atoms with Crippen molar-refractivity contribution in [2.75, 3.05) is 11.5 Å². The van der Waals surface area contributed by atoms with Crippen LogP contribution in [0.2, 0.25) is 0 Å². The van der Waals surface area contributed by atoms with Gasteiger partial charge in [-0.25, -0.2) is 22.5 Å². The molecule has 2 aromatic rings. The van der Waals surface area contributed by atoms with Crippen molar-refractivity contribution in [2.24, 2.45) is 0 Å². The summed E-state index contributed by atoms with van der Waals surface area (Å²) in [7, 11) is -4.20. The molecule has 1 unspecified atom stereocenters. The van der Waals surface area contributed by atoms with E-state index in [1.165, 1.54) is 40.7 Å². The number of carbonyl (C=O) groups excluding carboxylic acids is 3. The Labute approximate surface area is 210 Å². The lowest BCUT2D eigenvalue weighted by atomic mass is 10.1. The summed E-state index contributed by atoms with van der Waals surface area (Å²) >= 11 is 0. The largest absolute Gasteiger partial charge is 0.462 e. The third kappa shape index (κ3) is 5.19. The molecule has 36 heavy (non-hydrogen) atoms. The van der Waals surface area contributed by atoms with E-state index in [2.05, 4.69) is 0 Å². The summed E-state index contributed by atoms with van der Waals surface area (Å²) in [6.45, 7) is 1.90. The van der Waals surface area contributed by atoms with Crippen LogP contribution in [-0.2, 0) is 24.3 Å². The van der Waals surface area contributed by atoms with Crippen LogP contribution in [0.3, 0.4) is 0 Å². The normalized spacial score (nSPS) is 19.5. The molecular weight excluding hydrogens is 487 g/mol. The van der Waals surface area contributed by atoms with Gasteiger partial charge in [0.25, 0.3) is 5.91 Å². The molecule has 1 aliphatic heterocycles. The zero-order valence-corrected chi connectivity index (χ0v) is 20.9. The SMILES string of the molecule is CCOC(=O)c1ccc(N2C(=O)CC(N(C3CCCCCC3)S(=O)(=O)c3ccc(F)cc3)C2=O)cc1. The maximum Gasteiger partial charge on any atom is 0.338 e. The lowest BCUT2D eigenvalue weighted by Gasteiger charge is -2.33. The lowest BCUT2D eigenvalue weighted by molar-refractivity contribution is -0.122. The number of ether oxygens (including phenoxy) is 1. The van der Waals surface area contributed by atoms with Crippen molar-refractivity contribution in [3.8, 4) is 0 Å². The Morgan fingerprint density at radius 1 is 1.00 bits per heavy atom. The maximum absolute atomic E-state index is 13.8. The number of sulfonamides is 1. The molecule has 4 rings (SSSR count). The van der Waals surface area contributed by atoms with Crippen LogP contribution >= 0.6 is 0 Å². The third-order valence-electron chi connectivity index (χ3n) is 6.64. The number of rotatable bonds is 7. The molecule has 0 N–H and O–H groups in total. The number of benzene rings is 2. The lowest BCUT2D eigenvalue weighted by Crippen LogP contribution is -2.50. The van der Waals surface area contributed by atoms with Crippen LogP contribution in [0.4, 0.5) is 10.1 Å². The minimum atomic E-state index is -4.20. The van der Waals surface area contributed by atoms with Crippen LogP contribution in [0.1, 0.15) is 62.2 Å². The Kier molecular flexibility index (Phi) is 7.85. The Balaban J connectivity index is 1.68. The first kappa shape index (κ1) is 26.0. The molecule has 10 heteroatoms. The molecule has 1 saturated carbocycles. The van der Waals surface area contributed by atoms with Crippen LogP contribution in [0.15, 0.2) is 53.4 Å². The molecule has 2 aliphatic rings. The summed E-state index contributed by atoms with van der Waals surface area (Å²) in [6, 6.07) is 8.69. The zero-order valence-electron chi connectivity index (χ0n) is 20.1. The number of amides is 2. The van der Waals surface area contributed by atoms with E-state index in [0.29, 0.717) is 12.8 Å². The molecule has 192 valence electrons. The quantitative estimate of drug-likeness (QED) is 0.313. The molecule has 2 aromatic carbocycles. The van der Waals surface area contributed by atoms with Crippen molar-refractivity contribution in [1.82, 2.24) is 4.31 Å². The monoisotopic (exact) mass is 516 g/mol. The van der Waals surface area contributed by atoms with Gasteiger partial charge in [-0.05, 0) is 68.3 Å². The summed E-state index contributed by atoms with van der Waals surface area (Å²) in [5.74, 6) is -2.26. The summed E-state index contributed by atoms with van der Waals surface area (Å²) in [5.41, 5.74) is 0.524. The van der Waals surface area contributed by atoms with Gasteiger partial charge in [-0.3, -0.25) is 9.59 Å². The van der Waals surface area contributed by atoms with E-state index in [1.54, 1.807) is 6.92 Å². The number of nitrogens with zero attached hydrogens (tertiary/aromatic N) is 2. The van der Waals surface area contributed by atoms with Crippen LogP contribution < -0.4 is 4.90 Å². The molecular formula is C26H29FN2O6S. The van der Waals surface area contributed by atoms with Gasteiger partial charge in [0.2, 0.25) is 15.9 Å². The highest BCUT2D eigenvalue weighted by Crippen LogP contribution is 2.34. The molecule has 2 fully saturated rings. The van der Waals surface area contributed by atoms with Crippen molar-refractivity contribution in [3.63, 3.8) is 0 Å². The average molecular weight is 517 g/mol. The third-order valence-corrected chi connectivity index (χ3v) is 8.62. The van der Waals surface area contributed by atoms with Crippen molar-refractivity contribution in [2.45, 2.75) is 68.8 Å². The summed E-state index contributed by atoms with van der Waals surface area (Å²) in [4.78, 5) is 39.4. The minimum Gasteiger partial charge on any atom is -0.462 e. The Bertz CT molecular complexity index is 1220. The first-order valence-corrected chi connectivity index (χ1v) is 13.6. The number of hydrogen-bond donors (Lipinski definition) is 0. The second kappa shape index (κ2) is 10.9. The van der Waals surface area contributed by atoms with Gasteiger partial charge in [0.1, 0.15) is 11.9 Å². The van der Waals surface area contributed by atoms with Gasteiger partial charge in [-0.15, -0.1) is 0 Å². The van der Waals surface area contributed by atoms with Crippen LogP contribution in [0.25, 0.3) is 0 Å². The van der Waals surface area contributed by atoms with Gasteiger partial charge < -0.3 is 4.74 Å². The van der Waals surface area contributed by atoms with E-state index in [9.17, 15) is 27.2 Å². The highest BCUT2D eigenvalue weighted by molar-refractivity contribution is 7.89. The van der Waals surface area contributed by atoms with Crippen LogP contribution in [0.5, 0.6) is 0 Å². The van der Waals surface area contributed by atoms with Gasteiger partial charge in [0.15, 0.2) is 0 Å². The van der Waals surface area contributed by atoms with E-state index in [1.807, 2.05) is 0 Å². The Morgan fingerprint density at radius 2 is 1.61 bits per heavy atom. The molecule has 1 saturated heterocycles. The fourth-order valence-electron chi connectivity index (χ4n) is 4.91. The topological polar surface area (TPSA) is 101 Å². The predicted molar refractivity (Wildman–Crippen MR) is 130 cm³/mol. The molecule has 1 heterocycles. The molecule has 1 atom stereocenters. The minimum absolute atomic E-state index is 0.120. The predicted octanol–water partition coefficient (Wildman–Crippen LogP) is 4.05. The summed E-state index contributed by atoms with van der Waals surface area (Å²) in [6.07, 6.45) is 4.42. The van der Waals surface area contributed by atoms with Crippen molar-refractivity contribution < 1.29 is 31.9 Å². The zero-order chi connectivity index (χ0) is 25.9. The van der Waals surface area contributed by atoms with Crippen molar-refractivity contribution in [1.29, 1.82) is 0 Å². The molecule has 2 amide bonds. The van der Waals surface area contributed by atoms with E-state index >= 15 is 0 Å². The molecule has 0 aromatic heterocycles. The second-order valence-corrected chi connectivity index (χ2v) is 10.8. The molecule has 0 spiro atoms. The first-order chi connectivity index (χ1) is 17.2. The highest BCUT2D eigenvalue weighted by atomic mass is 32.2. The first-order valence-electron chi connectivity index (χ1n) is 12.2. The summed E-state index contributed by atoms with van der Waals surface area (Å²) in [5, 5.41) is 0. The maximum atomic E-state index is 13.8. The number of halogens is 1. The number of hydrogen-bond acceptors (Lipinski definition) is 6. The highest BCUT2D eigenvalue weighted by Gasteiger charge is 2.49. The molecule has 8 nitrogen and oxygen atoms in total. The molecule has 0 bridgehead atoms. The molecule has 1 aliphatic carbocycles. The van der Waals surface area contributed by atoms with E-state index in [0.717, 1.165) is 42.7 Å². The number of anilines is 1. The van der Waals surface area contributed by atoms with Crippen molar-refractivity contribution in [3.05, 3.63) is 59.9 Å². The van der Waals surface area contributed by atoms with Crippen LogP contribution in [0, 0.1) is 5.82 Å². The average Bonchev–Trinajstić information content (AvgIpc) is 3.01. The fourth-order valence-corrected chi connectivity index (χ4v) is 6.73. The Morgan fingerprint density at radius 3 is 2.19 bits per heavy atom. The fraction of sp³-hybridized carbons (Fsp3) is 0.423. The van der Waals surface area contributed by atoms with Crippen molar-refractivity contribution >= 4 is 33.5 Å². The molecule has 0 radical (unpaired) electrons. The standard InChI is InChI=1S/C26H29FN2O6S/c1-2-35-26(32)18-9-13-20(14-10-18)28-24(30)17-23(25(28)31)29(21-7-5-3-4-6-8-21)36(33,34)22-15-11-19(27)12-16-22/h9-16,21,23H,2-8,17H2,1H3. The number of imide groups is 1. The van der Waals surface area contributed by atoms with E-state index in [4.69, 9.17) is 4.74 Å². The Hall–Kier alpha value is -3.11. The second-order valence-electron chi connectivity index (χ2n) is 8.99.